The molecule has 0 spiro atoms. The highest BCUT2D eigenvalue weighted by Crippen LogP contribution is 2.41. The van der Waals surface area contributed by atoms with Crippen molar-refractivity contribution in [3.63, 3.8) is 0 Å². The number of hydrogen-bond acceptors (Lipinski definition) is 8. The summed E-state index contributed by atoms with van der Waals surface area (Å²) in [6.07, 6.45) is -6.00. The lowest BCUT2D eigenvalue weighted by Crippen LogP contribution is -2.51. The first-order valence-electron chi connectivity index (χ1n) is 10.6. The molecule has 0 bridgehead atoms. The number of methoxy groups -OCH3 is 1. The van der Waals surface area contributed by atoms with Crippen molar-refractivity contribution in [2.24, 2.45) is 0 Å². The molecule has 13 heteroatoms. The molecule has 4 rings (SSSR count). The van der Waals surface area contributed by atoms with Gasteiger partial charge in [-0.2, -0.15) is 0 Å². The SMILES string of the molecule is CO[C@@H]1C[C@H](c2nnc(C3CC(OC(F)(F)F)C3)o2)OC[C@H]1NC(=O)COc1ccc(F)cc1. The van der Waals surface area contributed by atoms with Crippen molar-refractivity contribution in [2.45, 2.75) is 55.9 Å². The molecule has 0 unspecified atom stereocenters. The second kappa shape index (κ2) is 10.2. The van der Waals surface area contributed by atoms with Gasteiger partial charge in [-0.15, -0.1) is 23.4 Å². The number of nitrogens with one attached hydrogen (secondary N) is 1. The first-order valence-corrected chi connectivity index (χ1v) is 10.6. The van der Waals surface area contributed by atoms with Crippen LogP contribution in [-0.4, -0.2) is 61.0 Å². The van der Waals surface area contributed by atoms with E-state index in [0.717, 1.165) is 0 Å². The summed E-state index contributed by atoms with van der Waals surface area (Å²) in [7, 11) is 1.50. The normalized spacial score (nSPS) is 27.1. The van der Waals surface area contributed by atoms with Crippen LogP contribution >= 0.6 is 0 Å². The molecule has 2 aromatic rings. The predicted molar refractivity (Wildman–Crippen MR) is 105 cm³/mol. The number of halogens is 4. The van der Waals surface area contributed by atoms with Crippen LogP contribution in [0.4, 0.5) is 17.6 Å². The van der Waals surface area contributed by atoms with Crippen molar-refractivity contribution in [2.75, 3.05) is 20.3 Å². The molecule has 34 heavy (non-hydrogen) atoms. The van der Waals surface area contributed by atoms with Gasteiger partial charge in [0.1, 0.15) is 17.7 Å². The maximum Gasteiger partial charge on any atom is 0.522 e. The third-order valence-electron chi connectivity index (χ3n) is 5.68. The number of rotatable bonds is 8. The summed E-state index contributed by atoms with van der Waals surface area (Å²) >= 11 is 0. The lowest BCUT2D eigenvalue weighted by atomic mass is 9.82. The molecular weight excluding hydrogens is 466 g/mol. The average Bonchev–Trinajstić information content (AvgIpc) is 3.25. The summed E-state index contributed by atoms with van der Waals surface area (Å²) in [6, 6.07) is 4.83. The minimum absolute atomic E-state index is 0.105. The molecule has 1 saturated carbocycles. The number of amides is 1. The van der Waals surface area contributed by atoms with E-state index in [2.05, 4.69) is 20.3 Å². The number of aromatic nitrogens is 2. The van der Waals surface area contributed by atoms with E-state index in [4.69, 9.17) is 18.6 Å². The number of benzene rings is 1. The summed E-state index contributed by atoms with van der Waals surface area (Å²) in [4.78, 5) is 12.3. The standard InChI is InChI=1S/C21H23F4N3O6/c1-30-16-8-17(20-28-27-19(33-20)11-6-14(7-11)34-21(23,24)25)32-9-15(16)26-18(29)10-31-13-4-2-12(22)3-5-13/h2-5,11,14-17H,6-10H2,1H3,(H,26,29)/t11?,14?,15-,16-,17-/m1/s1. The molecule has 2 fully saturated rings. The smallest absolute Gasteiger partial charge is 0.484 e. The summed E-state index contributed by atoms with van der Waals surface area (Å²) in [5.74, 6) is -0.323. The molecule has 1 aromatic carbocycles. The Hall–Kier alpha value is -2.77. The second-order valence-electron chi connectivity index (χ2n) is 8.08. The van der Waals surface area contributed by atoms with E-state index in [1.165, 1.54) is 31.4 Å². The Morgan fingerprint density at radius 1 is 1.15 bits per heavy atom. The van der Waals surface area contributed by atoms with Crippen LogP contribution in [0.15, 0.2) is 28.7 Å². The van der Waals surface area contributed by atoms with Gasteiger partial charge in [0.2, 0.25) is 11.8 Å². The number of carbonyl (C=O) groups is 1. The van der Waals surface area contributed by atoms with E-state index in [1.54, 1.807) is 0 Å². The Morgan fingerprint density at radius 3 is 2.53 bits per heavy atom. The molecule has 1 aliphatic heterocycles. The third kappa shape index (κ3) is 6.21. The number of carbonyl (C=O) groups excluding carboxylic acids is 1. The van der Waals surface area contributed by atoms with Crippen molar-refractivity contribution in [1.82, 2.24) is 15.5 Å². The third-order valence-corrected chi connectivity index (χ3v) is 5.68. The Balaban J connectivity index is 1.25. The number of ether oxygens (including phenoxy) is 4. The molecular formula is C21H23F4N3O6. The van der Waals surface area contributed by atoms with Crippen LogP contribution in [0.2, 0.25) is 0 Å². The van der Waals surface area contributed by atoms with Gasteiger partial charge in [0.25, 0.3) is 5.91 Å². The summed E-state index contributed by atoms with van der Waals surface area (Å²) in [5, 5.41) is 10.7. The lowest BCUT2D eigenvalue weighted by molar-refractivity contribution is -0.352. The fraction of sp³-hybridized carbons (Fsp3) is 0.571. The van der Waals surface area contributed by atoms with Crippen molar-refractivity contribution in [3.8, 4) is 5.75 Å². The molecule has 9 nitrogen and oxygen atoms in total. The van der Waals surface area contributed by atoms with Gasteiger partial charge in [-0.1, -0.05) is 0 Å². The first kappa shape index (κ1) is 24.4. The summed E-state index contributed by atoms with van der Waals surface area (Å²) in [6.45, 7) is -0.163. The fourth-order valence-electron chi connectivity index (χ4n) is 3.86. The zero-order chi connectivity index (χ0) is 24.3. The fourth-order valence-corrected chi connectivity index (χ4v) is 3.86. The Morgan fingerprint density at radius 2 is 1.85 bits per heavy atom. The Kier molecular flexibility index (Phi) is 7.33. The van der Waals surface area contributed by atoms with Crippen LogP contribution in [0.1, 0.15) is 43.1 Å². The van der Waals surface area contributed by atoms with Crippen LogP contribution in [-0.2, 0) is 19.0 Å². The largest absolute Gasteiger partial charge is 0.522 e. The summed E-state index contributed by atoms with van der Waals surface area (Å²) < 4.78 is 76.0. The van der Waals surface area contributed by atoms with E-state index in [9.17, 15) is 22.4 Å². The molecule has 0 radical (unpaired) electrons. The zero-order valence-corrected chi connectivity index (χ0v) is 18.1. The van der Waals surface area contributed by atoms with Gasteiger partial charge in [0, 0.05) is 19.4 Å². The van der Waals surface area contributed by atoms with E-state index in [1.807, 2.05) is 0 Å². The lowest BCUT2D eigenvalue weighted by Gasteiger charge is -2.34. The summed E-state index contributed by atoms with van der Waals surface area (Å²) in [5.41, 5.74) is 0. The highest BCUT2D eigenvalue weighted by atomic mass is 19.4. The van der Waals surface area contributed by atoms with Crippen LogP contribution in [0.25, 0.3) is 0 Å². The van der Waals surface area contributed by atoms with E-state index in [0.29, 0.717) is 12.2 Å². The molecule has 1 saturated heterocycles. The maximum absolute atomic E-state index is 12.9. The van der Waals surface area contributed by atoms with E-state index < -0.39 is 42.4 Å². The van der Waals surface area contributed by atoms with Crippen molar-refractivity contribution in [3.05, 3.63) is 41.9 Å². The highest BCUT2D eigenvalue weighted by molar-refractivity contribution is 5.78. The van der Waals surface area contributed by atoms with Crippen LogP contribution in [0.3, 0.4) is 0 Å². The second-order valence-corrected chi connectivity index (χ2v) is 8.08. The van der Waals surface area contributed by atoms with Gasteiger partial charge in [-0.25, -0.2) is 4.39 Å². The zero-order valence-electron chi connectivity index (χ0n) is 18.1. The number of nitrogens with zero attached hydrogens (tertiary/aromatic N) is 2. The van der Waals surface area contributed by atoms with Crippen LogP contribution < -0.4 is 10.1 Å². The highest BCUT2D eigenvalue weighted by Gasteiger charge is 2.43. The first-order chi connectivity index (χ1) is 16.2. The molecule has 1 aromatic heterocycles. The quantitative estimate of drug-likeness (QED) is 0.565. The van der Waals surface area contributed by atoms with Gasteiger partial charge in [-0.3, -0.25) is 9.53 Å². The van der Waals surface area contributed by atoms with E-state index in [-0.39, 0.29) is 43.8 Å². The van der Waals surface area contributed by atoms with Crippen LogP contribution in [0, 0.1) is 5.82 Å². The molecule has 1 N–H and O–H groups in total. The van der Waals surface area contributed by atoms with Crippen molar-refractivity contribution < 1.29 is 45.7 Å². The average molecular weight is 489 g/mol. The Labute approximate surface area is 191 Å². The van der Waals surface area contributed by atoms with Crippen LogP contribution in [0.5, 0.6) is 5.75 Å². The topological polar surface area (TPSA) is 105 Å². The number of alkyl halides is 3. The number of hydrogen-bond donors (Lipinski definition) is 1. The van der Waals surface area contributed by atoms with Gasteiger partial charge in [0.05, 0.1) is 24.9 Å². The maximum atomic E-state index is 12.9. The van der Waals surface area contributed by atoms with Gasteiger partial charge < -0.3 is 23.9 Å². The minimum Gasteiger partial charge on any atom is -0.484 e. The molecule has 1 amide bonds. The molecule has 1 aliphatic carbocycles. The minimum atomic E-state index is -4.67. The van der Waals surface area contributed by atoms with Gasteiger partial charge >= 0.3 is 6.36 Å². The molecule has 2 aliphatic rings. The van der Waals surface area contributed by atoms with Crippen molar-refractivity contribution in [1.29, 1.82) is 0 Å². The molecule has 2 heterocycles. The van der Waals surface area contributed by atoms with Crippen molar-refractivity contribution >= 4 is 5.91 Å². The molecule has 3 atom stereocenters. The van der Waals surface area contributed by atoms with Gasteiger partial charge in [-0.05, 0) is 37.1 Å². The Bertz CT molecular complexity index is 964. The predicted octanol–water partition coefficient (Wildman–Crippen LogP) is 3.03. The van der Waals surface area contributed by atoms with E-state index >= 15 is 0 Å². The monoisotopic (exact) mass is 489 g/mol. The van der Waals surface area contributed by atoms with Gasteiger partial charge in [0.15, 0.2) is 6.61 Å². The molecule has 186 valence electrons.